The molecule has 0 aliphatic rings. The van der Waals surface area contributed by atoms with Gasteiger partial charge in [0.25, 0.3) is 0 Å². The Morgan fingerprint density at radius 1 is 0.365 bits per heavy atom. The topological polar surface area (TPSA) is 63.7 Å². The first-order valence-electron chi connectivity index (χ1n) is 21.6. The van der Waals surface area contributed by atoms with Crippen LogP contribution in [0.1, 0.15) is 13.8 Å². The Morgan fingerprint density at radius 2 is 0.730 bits per heavy atom. The van der Waals surface area contributed by atoms with Crippen LogP contribution in [0.2, 0.25) is 0 Å². The van der Waals surface area contributed by atoms with Gasteiger partial charge in [0.05, 0.1) is 11.1 Å². The summed E-state index contributed by atoms with van der Waals surface area (Å²) in [5.74, 6) is 0. The monoisotopic (exact) mass is 813 g/mol. The van der Waals surface area contributed by atoms with E-state index in [0.29, 0.717) is 22.3 Å². The molecule has 300 valence electrons. The first kappa shape index (κ1) is 36.8. The van der Waals surface area contributed by atoms with Crippen molar-refractivity contribution in [3.05, 3.63) is 197 Å². The van der Waals surface area contributed by atoms with Crippen LogP contribution >= 0.6 is 0 Å². The van der Waals surface area contributed by atoms with Gasteiger partial charge < -0.3 is 13.7 Å². The molecule has 0 aliphatic carbocycles. The predicted molar refractivity (Wildman–Crippen MR) is 263 cm³/mol. The van der Waals surface area contributed by atoms with Crippen molar-refractivity contribution in [1.29, 1.82) is 0 Å². The molecule has 0 radical (unpaired) electrons. The minimum atomic E-state index is -0.385. The summed E-state index contributed by atoms with van der Waals surface area (Å²) in [6.07, 6.45) is 0. The van der Waals surface area contributed by atoms with Gasteiger partial charge in [-0.05, 0) is 108 Å². The van der Waals surface area contributed by atoms with Gasteiger partial charge in [-0.15, -0.1) is 0 Å². The standard InChI is InChI=1S/C58H39NO4/c1-3-59(4-2)35-30-29-34-31-49(57(60)62-51(34)32-35)52-39-20-8-12-24-43(39)54(44-25-13-9-21-40(44)52)55-45-26-14-10-22-41(45)53(42-23-11-15-27-46(42)55)50-33-48-38-19-6-5-17-36(38)37-18-7-16-28-47(37)56(48)63-58(50)61/h5-33H,3-4H2,1-2H3. The second-order valence-corrected chi connectivity index (χ2v) is 16.3. The highest BCUT2D eigenvalue weighted by atomic mass is 16.4. The molecule has 5 heteroatoms. The average Bonchev–Trinajstić information content (AvgIpc) is 3.33. The maximum absolute atomic E-state index is 14.6. The zero-order valence-electron chi connectivity index (χ0n) is 34.7. The molecule has 0 N–H and O–H groups in total. The smallest absolute Gasteiger partial charge is 0.344 e. The van der Waals surface area contributed by atoms with Crippen molar-refractivity contribution in [2.75, 3.05) is 18.0 Å². The molecule has 10 aromatic carbocycles. The summed E-state index contributed by atoms with van der Waals surface area (Å²) in [6.45, 7) is 5.96. The van der Waals surface area contributed by atoms with Crippen molar-refractivity contribution in [3.8, 4) is 33.4 Å². The molecular formula is C58H39NO4. The average molecular weight is 814 g/mol. The molecule has 0 aliphatic heterocycles. The number of rotatable bonds is 6. The number of hydrogen-bond donors (Lipinski definition) is 0. The molecule has 0 bridgehead atoms. The summed E-state index contributed by atoms with van der Waals surface area (Å²) in [5.41, 5.74) is 6.24. The lowest BCUT2D eigenvalue weighted by Gasteiger charge is -2.22. The summed E-state index contributed by atoms with van der Waals surface area (Å²) in [5, 5.41) is 13.7. The molecule has 0 unspecified atom stereocenters. The zero-order valence-corrected chi connectivity index (χ0v) is 34.7. The van der Waals surface area contributed by atoms with Crippen LogP contribution in [0.15, 0.2) is 194 Å². The van der Waals surface area contributed by atoms with Gasteiger partial charge in [0.1, 0.15) is 11.2 Å². The Labute approximate surface area is 361 Å². The lowest BCUT2D eigenvalue weighted by Crippen LogP contribution is -2.21. The number of fused-ring (bicyclic) bond motifs is 11. The van der Waals surface area contributed by atoms with Gasteiger partial charge in [0, 0.05) is 52.1 Å². The van der Waals surface area contributed by atoms with Crippen LogP contribution in [0.25, 0.3) is 120 Å². The van der Waals surface area contributed by atoms with E-state index in [1.54, 1.807) is 0 Å². The first-order chi connectivity index (χ1) is 31.0. The van der Waals surface area contributed by atoms with Gasteiger partial charge >= 0.3 is 11.3 Å². The molecule has 0 amide bonds. The van der Waals surface area contributed by atoms with E-state index in [0.717, 1.165) is 116 Å². The highest BCUT2D eigenvalue weighted by molar-refractivity contribution is 6.31. The van der Waals surface area contributed by atoms with Crippen molar-refractivity contribution < 1.29 is 8.83 Å². The first-order valence-corrected chi connectivity index (χ1v) is 21.6. The zero-order chi connectivity index (χ0) is 42.3. The summed E-state index contributed by atoms with van der Waals surface area (Å²) in [7, 11) is 0. The van der Waals surface area contributed by atoms with Gasteiger partial charge in [-0.3, -0.25) is 0 Å². The molecular weight excluding hydrogens is 775 g/mol. The quantitative estimate of drug-likeness (QED) is 0.0950. The maximum atomic E-state index is 14.6. The Balaban J connectivity index is 1.16. The molecule has 5 nitrogen and oxygen atoms in total. The second kappa shape index (κ2) is 14.3. The molecule has 0 saturated carbocycles. The third-order valence-electron chi connectivity index (χ3n) is 13.1. The van der Waals surface area contributed by atoms with Crippen LogP contribution in [-0.4, -0.2) is 13.1 Å². The van der Waals surface area contributed by atoms with E-state index in [4.69, 9.17) is 8.83 Å². The summed E-state index contributed by atoms with van der Waals surface area (Å²) < 4.78 is 12.6. The minimum Gasteiger partial charge on any atom is -0.422 e. The highest BCUT2D eigenvalue weighted by Crippen LogP contribution is 2.50. The van der Waals surface area contributed by atoms with Crippen molar-refractivity contribution in [1.82, 2.24) is 0 Å². The highest BCUT2D eigenvalue weighted by Gasteiger charge is 2.25. The Hall–Kier alpha value is -8.02. The van der Waals surface area contributed by atoms with E-state index < -0.39 is 0 Å². The fourth-order valence-corrected chi connectivity index (χ4v) is 10.4. The lowest BCUT2D eigenvalue weighted by molar-refractivity contribution is 0.563. The van der Waals surface area contributed by atoms with Crippen molar-refractivity contribution in [2.45, 2.75) is 13.8 Å². The maximum Gasteiger partial charge on any atom is 0.344 e. The molecule has 12 aromatic rings. The van der Waals surface area contributed by atoms with Crippen LogP contribution in [0.3, 0.4) is 0 Å². The minimum absolute atomic E-state index is 0.377. The van der Waals surface area contributed by atoms with E-state index in [9.17, 15) is 9.59 Å². The SMILES string of the molecule is CCN(CC)c1ccc2cc(-c3c4ccccc4c(-c4c5ccccc5c(-c5cc6c7ccccc7c7ccccc7c6oc5=O)c5ccccc45)c4ccccc34)c(=O)oc2c1. The fraction of sp³-hybridized carbons (Fsp3) is 0.0690. The van der Waals surface area contributed by atoms with E-state index >= 15 is 0 Å². The van der Waals surface area contributed by atoms with Gasteiger partial charge in [-0.2, -0.15) is 0 Å². The molecule has 63 heavy (non-hydrogen) atoms. The van der Waals surface area contributed by atoms with E-state index in [2.05, 4.69) is 128 Å². The largest absolute Gasteiger partial charge is 0.422 e. The molecule has 2 aromatic heterocycles. The summed E-state index contributed by atoms with van der Waals surface area (Å²) >= 11 is 0. The van der Waals surface area contributed by atoms with Gasteiger partial charge in [0.2, 0.25) is 0 Å². The van der Waals surface area contributed by atoms with Crippen molar-refractivity contribution in [2.24, 2.45) is 0 Å². The van der Waals surface area contributed by atoms with Gasteiger partial charge in [-0.25, -0.2) is 9.59 Å². The van der Waals surface area contributed by atoms with Crippen LogP contribution in [0.5, 0.6) is 0 Å². The van der Waals surface area contributed by atoms with Gasteiger partial charge in [0.15, 0.2) is 0 Å². The van der Waals surface area contributed by atoms with Crippen molar-refractivity contribution >= 4 is 92.3 Å². The Bertz CT molecular complexity index is 3890. The van der Waals surface area contributed by atoms with Crippen LogP contribution < -0.4 is 16.2 Å². The predicted octanol–water partition coefficient (Wildman–Crippen LogP) is 14.7. The second-order valence-electron chi connectivity index (χ2n) is 16.3. The van der Waals surface area contributed by atoms with E-state index in [1.165, 1.54) is 0 Å². The fourth-order valence-electron chi connectivity index (χ4n) is 10.4. The molecule has 0 atom stereocenters. The molecule has 2 heterocycles. The summed E-state index contributed by atoms with van der Waals surface area (Å²) in [4.78, 5) is 31.1. The number of anilines is 1. The van der Waals surface area contributed by atoms with Crippen molar-refractivity contribution in [3.63, 3.8) is 0 Å². The number of nitrogens with zero attached hydrogens (tertiary/aromatic N) is 1. The third-order valence-corrected chi connectivity index (χ3v) is 13.1. The van der Waals surface area contributed by atoms with Gasteiger partial charge in [-0.1, -0.05) is 146 Å². The Morgan fingerprint density at radius 3 is 1.19 bits per heavy atom. The van der Waals surface area contributed by atoms with Crippen LogP contribution in [0.4, 0.5) is 5.69 Å². The molecule has 0 fully saturated rings. The van der Waals surface area contributed by atoms with E-state index in [1.807, 2.05) is 66.7 Å². The molecule has 0 saturated heterocycles. The van der Waals surface area contributed by atoms with Crippen LogP contribution in [0, 0.1) is 0 Å². The number of hydrogen-bond acceptors (Lipinski definition) is 5. The number of benzene rings is 10. The molecule has 12 rings (SSSR count). The van der Waals surface area contributed by atoms with Crippen LogP contribution in [-0.2, 0) is 0 Å². The normalized spacial score (nSPS) is 11.9. The summed E-state index contributed by atoms with van der Waals surface area (Å²) in [6, 6.07) is 60.1. The Kier molecular flexibility index (Phi) is 8.35. The molecule has 0 spiro atoms. The lowest BCUT2D eigenvalue weighted by atomic mass is 9.81. The van der Waals surface area contributed by atoms with E-state index in [-0.39, 0.29) is 11.3 Å². The third kappa shape index (κ3) is 5.49.